The van der Waals surface area contributed by atoms with Gasteiger partial charge in [-0.25, -0.2) is 9.59 Å². The zero-order chi connectivity index (χ0) is 16.4. The zero-order valence-corrected chi connectivity index (χ0v) is 13.0. The fourth-order valence-electron chi connectivity index (χ4n) is 2.71. The third kappa shape index (κ3) is 2.54. The molecule has 118 valence electrons. The highest BCUT2D eigenvalue weighted by molar-refractivity contribution is 6.18. The fraction of sp³-hybridized carbons (Fsp3) is 0.222. The molecule has 0 amide bonds. The molecule has 2 aromatic carbocycles. The van der Waals surface area contributed by atoms with Crippen molar-refractivity contribution in [3.63, 3.8) is 0 Å². The molecule has 5 nitrogen and oxygen atoms in total. The van der Waals surface area contributed by atoms with Crippen LogP contribution in [0, 0.1) is 0 Å². The van der Waals surface area contributed by atoms with Crippen LogP contribution in [0.4, 0.5) is 0 Å². The van der Waals surface area contributed by atoms with E-state index in [1.165, 1.54) is 0 Å². The van der Waals surface area contributed by atoms with Crippen LogP contribution in [-0.2, 0) is 9.47 Å². The molecule has 1 heterocycles. The molecule has 5 heteroatoms. The Morgan fingerprint density at radius 2 is 1.61 bits per heavy atom. The maximum absolute atomic E-state index is 12.3. The van der Waals surface area contributed by atoms with Crippen molar-refractivity contribution in [3.8, 4) is 0 Å². The van der Waals surface area contributed by atoms with Gasteiger partial charge >= 0.3 is 11.9 Å². The van der Waals surface area contributed by atoms with E-state index in [0.717, 1.165) is 16.3 Å². The lowest BCUT2D eigenvalue weighted by molar-refractivity contribution is 0.0477. The minimum Gasteiger partial charge on any atom is -0.462 e. The Labute approximate surface area is 133 Å². The van der Waals surface area contributed by atoms with Crippen LogP contribution in [0.3, 0.4) is 0 Å². The van der Waals surface area contributed by atoms with Crippen molar-refractivity contribution in [1.29, 1.82) is 0 Å². The summed E-state index contributed by atoms with van der Waals surface area (Å²) in [7, 11) is 0. The van der Waals surface area contributed by atoms with Crippen LogP contribution in [-0.4, -0.2) is 30.1 Å². The Kier molecular flexibility index (Phi) is 4.02. The summed E-state index contributed by atoms with van der Waals surface area (Å²) in [4.78, 5) is 27.6. The first kappa shape index (κ1) is 15.1. The second-order valence-electron chi connectivity index (χ2n) is 5.03. The molecule has 3 rings (SSSR count). The van der Waals surface area contributed by atoms with Crippen LogP contribution in [0.2, 0.25) is 0 Å². The number of esters is 2. The normalized spacial score (nSPS) is 10.9. The Morgan fingerprint density at radius 1 is 0.913 bits per heavy atom. The third-order valence-corrected chi connectivity index (χ3v) is 3.66. The number of ether oxygens (including phenoxy) is 2. The SMILES string of the molecule is CCOC(=O)c1[nH]c2c(ccc3ccccc32)c1C(=O)OCC. The van der Waals surface area contributed by atoms with Gasteiger partial charge < -0.3 is 14.5 Å². The van der Waals surface area contributed by atoms with E-state index in [1.54, 1.807) is 13.8 Å². The number of nitrogens with one attached hydrogen (secondary N) is 1. The van der Waals surface area contributed by atoms with Crippen molar-refractivity contribution in [2.24, 2.45) is 0 Å². The van der Waals surface area contributed by atoms with Crippen molar-refractivity contribution in [1.82, 2.24) is 4.98 Å². The minimum absolute atomic E-state index is 0.136. The Hall–Kier alpha value is -2.82. The number of fused-ring (bicyclic) bond motifs is 3. The predicted molar refractivity (Wildman–Crippen MR) is 87.7 cm³/mol. The summed E-state index contributed by atoms with van der Waals surface area (Å²) < 4.78 is 10.2. The number of aromatic nitrogens is 1. The molecule has 0 saturated carbocycles. The summed E-state index contributed by atoms with van der Waals surface area (Å²) in [6.45, 7) is 3.92. The smallest absolute Gasteiger partial charge is 0.355 e. The molecule has 0 aliphatic rings. The van der Waals surface area contributed by atoms with Crippen LogP contribution in [0.25, 0.3) is 21.7 Å². The summed E-state index contributed by atoms with van der Waals surface area (Å²) in [5.41, 5.74) is 1.09. The van der Waals surface area contributed by atoms with Crippen molar-refractivity contribution in [2.75, 3.05) is 13.2 Å². The maximum Gasteiger partial charge on any atom is 0.355 e. The first-order chi connectivity index (χ1) is 11.2. The van der Waals surface area contributed by atoms with Crippen molar-refractivity contribution >= 4 is 33.6 Å². The highest BCUT2D eigenvalue weighted by Gasteiger charge is 2.25. The van der Waals surface area contributed by atoms with Gasteiger partial charge in [0.2, 0.25) is 0 Å². The lowest BCUT2D eigenvalue weighted by atomic mass is 10.0. The number of carbonyl (C=O) groups is 2. The molecule has 0 spiro atoms. The molecule has 0 fully saturated rings. The quantitative estimate of drug-likeness (QED) is 0.746. The second-order valence-corrected chi connectivity index (χ2v) is 5.03. The summed E-state index contributed by atoms with van der Waals surface area (Å²) in [5.74, 6) is -1.09. The number of aromatic amines is 1. The van der Waals surface area contributed by atoms with Crippen LogP contribution in [0.1, 0.15) is 34.7 Å². The van der Waals surface area contributed by atoms with Crippen molar-refractivity contribution < 1.29 is 19.1 Å². The van der Waals surface area contributed by atoms with Crippen LogP contribution >= 0.6 is 0 Å². The maximum atomic E-state index is 12.3. The molecule has 0 aliphatic carbocycles. The number of rotatable bonds is 4. The standard InChI is InChI=1S/C18H17NO4/c1-3-22-17(20)14-13-10-9-11-7-5-6-8-12(11)15(13)19-16(14)18(21)23-4-2/h5-10,19H,3-4H2,1-2H3. The Bertz CT molecular complexity index is 895. The number of carbonyl (C=O) groups excluding carboxylic acids is 2. The average Bonchev–Trinajstić information content (AvgIpc) is 2.95. The van der Waals surface area contributed by atoms with Gasteiger partial charge in [0.1, 0.15) is 5.69 Å². The predicted octanol–water partition coefficient (Wildman–Crippen LogP) is 3.67. The third-order valence-electron chi connectivity index (χ3n) is 3.66. The lowest BCUT2D eigenvalue weighted by Crippen LogP contribution is -2.13. The first-order valence-corrected chi connectivity index (χ1v) is 7.55. The van der Waals surface area contributed by atoms with Gasteiger partial charge in [-0.15, -0.1) is 0 Å². The van der Waals surface area contributed by atoms with Gasteiger partial charge in [0.25, 0.3) is 0 Å². The molecule has 23 heavy (non-hydrogen) atoms. The number of hydrogen-bond donors (Lipinski definition) is 1. The molecule has 0 unspecified atom stereocenters. The van der Waals surface area contributed by atoms with Gasteiger partial charge in [-0.1, -0.05) is 36.4 Å². The van der Waals surface area contributed by atoms with E-state index in [1.807, 2.05) is 36.4 Å². The van der Waals surface area contributed by atoms with Gasteiger partial charge in [0.05, 0.1) is 24.3 Å². The van der Waals surface area contributed by atoms with Crippen LogP contribution in [0.5, 0.6) is 0 Å². The number of hydrogen-bond acceptors (Lipinski definition) is 4. The summed E-state index contributed by atoms with van der Waals surface area (Å²) in [6.07, 6.45) is 0. The summed E-state index contributed by atoms with van der Waals surface area (Å²) in [6, 6.07) is 11.5. The van der Waals surface area contributed by atoms with Gasteiger partial charge in [0.15, 0.2) is 0 Å². The largest absolute Gasteiger partial charge is 0.462 e. The topological polar surface area (TPSA) is 68.4 Å². The average molecular weight is 311 g/mol. The zero-order valence-electron chi connectivity index (χ0n) is 13.0. The summed E-state index contributed by atoms with van der Waals surface area (Å²) >= 11 is 0. The van der Waals surface area contributed by atoms with E-state index in [-0.39, 0.29) is 24.5 Å². The van der Waals surface area contributed by atoms with E-state index in [0.29, 0.717) is 5.39 Å². The van der Waals surface area contributed by atoms with Crippen molar-refractivity contribution in [3.05, 3.63) is 47.7 Å². The molecular weight excluding hydrogens is 294 g/mol. The lowest BCUT2D eigenvalue weighted by Gasteiger charge is -2.04. The molecule has 1 aromatic heterocycles. The molecular formula is C18H17NO4. The molecule has 0 saturated heterocycles. The van der Waals surface area contributed by atoms with Crippen LogP contribution in [0.15, 0.2) is 36.4 Å². The van der Waals surface area contributed by atoms with E-state index in [4.69, 9.17) is 9.47 Å². The molecule has 0 atom stereocenters. The van der Waals surface area contributed by atoms with E-state index in [2.05, 4.69) is 4.98 Å². The monoisotopic (exact) mass is 311 g/mol. The van der Waals surface area contributed by atoms with E-state index in [9.17, 15) is 9.59 Å². The second kappa shape index (κ2) is 6.12. The van der Waals surface area contributed by atoms with Gasteiger partial charge in [0, 0.05) is 10.8 Å². The fourth-order valence-corrected chi connectivity index (χ4v) is 2.71. The summed E-state index contributed by atoms with van der Waals surface area (Å²) in [5, 5.41) is 2.61. The van der Waals surface area contributed by atoms with Gasteiger partial charge in [-0.05, 0) is 19.2 Å². The van der Waals surface area contributed by atoms with Gasteiger partial charge in [-0.3, -0.25) is 0 Å². The van der Waals surface area contributed by atoms with E-state index >= 15 is 0 Å². The minimum atomic E-state index is -0.559. The number of benzene rings is 2. The van der Waals surface area contributed by atoms with E-state index < -0.39 is 11.9 Å². The molecule has 0 radical (unpaired) electrons. The Balaban J connectivity index is 2.31. The molecule has 3 aromatic rings. The highest BCUT2D eigenvalue weighted by atomic mass is 16.5. The first-order valence-electron chi connectivity index (χ1n) is 7.55. The van der Waals surface area contributed by atoms with Crippen LogP contribution < -0.4 is 0 Å². The molecule has 0 aliphatic heterocycles. The Morgan fingerprint density at radius 3 is 2.35 bits per heavy atom. The number of H-pyrrole nitrogens is 1. The molecule has 1 N–H and O–H groups in total. The van der Waals surface area contributed by atoms with Gasteiger partial charge in [-0.2, -0.15) is 0 Å². The highest BCUT2D eigenvalue weighted by Crippen LogP contribution is 2.30. The van der Waals surface area contributed by atoms with Crippen molar-refractivity contribution in [2.45, 2.75) is 13.8 Å². The molecule has 0 bridgehead atoms.